The summed E-state index contributed by atoms with van der Waals surface area (Å²) in [6.45, 7) is 3.98. The Morgan fingerprint density at radius 1 is 1.42 bits per heavy atom. The van der Waals surface area contributed by atoms with E-state index in [-0.39, 0.29) is 0 Å². The van der Waals surface area contributed by atoms with Crippen LogP contribution in [-0.4, -0.2) is 31.5 Å². The molecule has 2 aliphatic rings. The molecule has 1 aromatic carbocycles. The molecule has 3 rings (SSSR count). The van der Waals surface area contributed by atoms with Crippen molar-refractivity contribution in [1.29, 1.82) is 0 Å². The smallest absolute Gasteiger partial charge is 0.209 e. The molecule has 0 N–H and O–H groups in total. The fourth-order valence-corrected chi connectivity index (χ4v) is 3.76. The lowest BCUT2D eigenvalue weighted by atomic mass is 9.77. The molecule has 19 heavy (non-hydrogen) atoms. The zero-order valence-electron chi connectivity index (χ0n) is 11.7. The second kappa shape index (κ2) is 4.55. The Labute approximate surface area is 114 Å². The Kier molecular flexibility index (Phi) is 3.00. The predicted octanol–water partition coefficient (Wildman–Crippen LogP) is 2.73. The minimum Gasteiger partial charge on any atom is -0.496 e. The predicted molar refractivity (Wildman–Crippen MR) is 74.4 cm³/mol. The molecule has 1 atom stereocenters. The highest BCUT2D eigenvalue weighted by atomic mass is 16.5. The van der Waals surface area contributed by atoms with Crippen LogP contribution in [-0.2, 0) is 4.79 Å². The molecular formula is C16H21NO2. The van der Waals surface area contributed by atoms with Gasteiger partial charge in [-0.3, -0.25) is 4.79 Å². The van der Waals surface area contributed by atoms with Crippen LogP contribution in [0.5, 0.6) is 5.75 Å². The first-order valence-corrected chi connectivity index (χ1v) is 7.00. The average Bonchev–Trinajstić information content (AvgIpc) is 2.82. The van der Waals surface area contributed by atoms with Gasteiger partial charge in [-0.1, -0.05) is 12.1 Å². The van der Waals surface area contributed by atoms with Crippen LogP contribution in [0, 0.1) is 12.3 Å². The molecule has 0 radical (unpaired) electrons. The van der Waals surface area contributed by atoms with Crippen molar-refractivity contribution in [3.63, 3.8) is 0 Å². The van der Waals surface area contributed by atoms with E-state index in [9.17, 15) is 4.79 Å². The number of nitrogens with zero attached hydrogens (tertiary/aromatic N) is 1. The normalized spacial score (nSPS) is 24.3. The third kappa shape index (κ3) is 2.11. The van der Waals surface area contributed by atoms with Crippen molar-refractivity contribution in [3.8, 4) is 5.75 Å². The lowest BCUT2D eigenvalue weighted by molar-refractivity contribution is -0.129. The van der Waals surface area contributed by atoms with E-state index < -0.39 is 0 Å². The molecule has 1 aliphatic carbocycles. The third-order valence-corrected chi connectivity index (χ3v) is 4.83. The highest BCUT2D eigenvalue weighted by molar-refractivity contribution is 5.49. The molecule has 1 heterocycles. The molecule has 0 aromatic heterocycles. The number of methoxy groups -OCH3 is 1. The first kappa shape index (κ1) is 12.5. The minimum atomic E-state index is 0.406. The Bertz CT molecular complexity index is 492. The maximum Gasteiger partial charge on any atom is 0.209 e. The van der Waals surface area contributed by atoms with Gasteiger partial charge in [-0.15, -0.1) is 0 Å². The quantitative estimate of drug-likeness (QED) is 0.781. The van der Waals surface area contributed by atoms with Gasteiger partial charge in [0, 0.05) is 18.5 Å². The van der Waals surface area contributed by atoms with Crippen LogP contribution in [0.1, 0.15) is 36.3 Å². The van der Waals surface area contributed by atoms with E-state index in [1.807, 2.05) is 4.90 Å². The van der Waals surface area contributed by atoms with Crippen LogP contribution in [0.15, 0.2) is 18.2 Å². The summed E-state index contributed by atoms with van der Waals surface area (Å²) >= 11 is 0. The Morgan fingerprint density at radius 3 is 2.89 bits per heavy atom. The van der Waals surface area contributed by atoms with Gasteiger partial charge in [-0.2, -0.15) is 0 Å². The van der Waals surface area contributed by atoms with E-state index in [0.717, 1.165) is 25.2 Å². The molecule has 102 valence electrons. The van der Waals surface area contributed by atoms with Crippen molar-refractivity contribution in [2.75, 3.05) is 20.2 Å². The number of amides is 1. The number of hydrogen-bond donors (Lipinski definition) is 0. The monoisotopic (exact) mass is 259 g/mol. The van der Waals surface area contributed by atoms with Crippen LogP contribution < -0.4 is 4.74 Å². The van der Waals surface area contributed by atoms with Gasteiger partial charge < -0.3 is 9.64 Å². The molecule has 1 aliphatic heterocycles. The molecule has 0 unspecified atom stereocenters. The van der Waals surface area contributed by atoms with Crippen LogP contribution in [0.2, 0.25) is 0 Å². The number of carbonyl (C=O) groups excluding carboxylic acids is 1. The topological polar surface area (TPSA) is 29.5 Å². The minimum absolute atomic E-state index is 0.406. The average molecular weight is 259 g/mol. The molecule has 1 saturated heterocycles. The molecule has 3 nitrogen and oxygen atoms in total. The number of carbonyl (C=O) groups is 1. The zero-order valence-corrected chi connectivity index (χ0v) is 11.7. The van der Waals surface area contributed by atoms with E-state index in [2.05, 4.69) is 25.1 Å². The highest BCUT2D eigenvalue weighted by Crippen LogP contribution is 2.51. The van der Waals surface area contributed by atoms with Crippen LogP contribution in [0.4, 0.5) is 0 Å². The summed E-state index contributed by atoms with van der Waals surface area (Å²) in [5.41, 5.74) is 2.99. The van der Waals surface area contributed by atoms with E-state index in [1.165, 1.54) is 30.4 Å². The molecule has 2 fully saturated rings. The number of benzene rings is 1. The SMILES string of the molecule is COc1cc([C@@H]2CCC3(C2)CN(C=O)C3)ccc1C. The van der Waals surface area contributed by atoms with Gasteiger partial charge >= 0.3 is 0 Å². The first-order valence-electron chi connectivity index (χ1n) is 7.00. The zero-order chi connectivity index (χ0) is 13.5. The molecule has 1 saturated carbocycles. The van der Waals surface area contributed by atoms with Gasteiger partial charge in [0.05, 0.1) is 7.11 Å². The molecule has 1 aromatic rings. The lowest BCUT2D eigenvalue weighted by Gasteiger charge is -2.46. The summed E-state index contributed by atoms with van der Waals surface area (Å²) in [5.74, 6) is 1.62. The van der Waals surface area contributed by atoms with Crippen molar-refractivity contribution in [1.82, 2.24) is 4.90 Å². The largest absolute Gasteiger partial charge is 0.496 e. The molecule has 0 bridgehead atoms. The fraction of sp³-hybridized carbons (Fsp3) is 0.562. The fourth-order valence-electron chi connectivity index (χ4n) is 3.76. The summed E-state index contributed by atoms with van der Waals surface area (Å²) in [5, 5.41) is 0. The summed E-state index contributed by atoms with van der Waals surface area (Å²) in [6, 6.07) is 6.57. The Balaban J connectivity index is 1.73. The number of hydrogen-bond acceptors (Lipinski definition) is 2. The van der Waals surface area contributed by atoms with Gasteiger partial charge in [0.1, 0.15) is 5.75 Å². The van der Waals surface area contributed by atoms with Gasteiger partial charge in [-0.05, 0) is 49.3 Å². The lowest BCUT2D eigenvalue weighted by Crippen LogP contribution is -2.54. The van der Waals surface area contributed by atoms with Crippen molar-refractivity contribution < 1.29 is 9.53 Å². The van der Waals surface area contributed by atoms with E-state index in [0.29, 0.717) is 11.3 Å². The van der Waals surface area contributed by atoms with Crippen molar-refractivity contribution in [2.24, 2.45) is 5.41 Å². The molecule has 1 amide bonds. The van der Waals surface area contributed by atoms with Crippen molar-refractivity contribution in [3.05, 3.63) is 29.3 Å². The van der Waals surface area contributed by atoms with E-state index in [4.69, 9.17) is 4.74 Å². The van der Waals surface area contributed by atoms with Crippen LogP contribution >= 0.6 is 0 Å². The van der Waals surface area contributed by atoms with Crippen molar-refractivity contribution in [2.45, 2.75) is 32.1 Å². The summed E-state index contributed by atoms with van der Waals surface area (Å²) < 4.78 is 5.42. The molecular weight excluding hydrogens is 238 g/mol. The molecule has 1 spiro atoms. The second-order valence-electron chi connectivity index (χ2n) is 6.18. The van der Waals surface area contributed by atoms with Crippen molar-refractivity contribution >= 4 is 6.41 Å². The second-order valence-corrected chi connectivity index (χ2v) is 6.18. The summed E-state index contributed by atoms with van der Waals surface area (Å²) in [7, 11) is 1.73. The van der Waals surface area contributed by atoms with Crippen LogP contribution in [0.25, 0.3) is 0 Å². The maximum absolute atomic E-state index is 10.7. The Hall–Kier alpha value is -1.51. The van der Waals surface area contributed by atoms with E-state index >= 15 is 0 Å². The van der Waals surface area contributed by atoms with Gasteiger partial charge in [-0.25, -0.2) is 0 Å². The number of rotatable bonds is 3. The maximum atomic E-state index is 10.7. The summed E-state index contributed by atoms with van der Waals surface area (Å²) in [4.78, 5) is 12.6. The number of aryl methyl sites for hydroxylation is 1. The summed E-state index contributed by atoms with van der Waals surface area (Å²) in [6.07, 6.45) is 4.67. The van der Waals surface area contributed by atoms with Gasteiger partial charge in [0.2, 0.25) is 6.41 Å². The number of likely N-dealkylation sites (tertiary alicyclic amines) is 1. The van der Waals surface area contributed by atoms with Gasteiger partial charge in [0.25, 0.3) is 0 Å². The van der Waals surface area contributed by atoms with Gasteiger partial charge in [0.15, 0.2) is 0 Å². The third-order valence-electron chi connectivity index (χ3n) is 4.83. The standard InChI is InChI=1S/C16H21NO2/c1-12-3-4-13(7-15(12)19-2)14-5-6-16(8-14)9-17(10-16)11-18/h3-4,7,11,14H,5-6,8-10H2,1-2H3/t14-/m1/s1. The first-order chi connectivity index (χ1) is 9.15. The Morgan fingerprint density at radius 2 is 2.21 bits per heavy atom. The highest BCUT2D eigenvalue weighted by Gasteiger charge is 2.47. The van der Waals surface area contributed by atoms with Crippen LogP contribution in [0.3, 0.4) is 0 Å². The van der Waals surface area contributed by atoms with E-state index in [1.54, 1.807) is 7.11 Å². The molecule has 3 heteroatoms. The number of ether oxygens (including phenoxy) is 1.